The van der Waals surface area contributed by atoms with Gasteiger partial charge in [0.15, 0.2) is 11.5 Å². The second-order valence-corrected chi connectivity index (χ2v) is 3.99. The number of nitrogens with two attached hydrogens (primary N) is 2. The predicted molar refractivity (Wildman–Crippen MR) is 71.6 cm³/mol. The van der Waals surface area contributed by atoms with Gasteiger partial charge in [-0.25, -0.2) is 0 Å². The molecule has 0 saturated heterocycles. The summed E-state index contributed by atoms with van der Waals surface area (Å²) in [6.07, 6.45) is 1.75. The van der Waals surface area contributed by atoms with Gasteiger partial charge in [0.25, 0.3) is 0 Å². The Morgan fingerprint density at radius 3 is 2.83 bits per heavy atom. The fraction of sp³-hybridized carbons (Fsp3) is 0.500. The number of ether oxygens (including phenoxy) is 3. The molecule has 0 saturated carbocycles. The van der Waals surface area contributed by atoms with E-state index >= 15 is 0 Å². The lowest BCUT2D eigenvalue weighted by Crippen LogP contribution is -2.12. The molecule has 0 aromatic heterocycles. The van der Waals surface area contributed by atoms with Crippen molar-refractivity contribution < 1.29 is 14.2 Å². The van der Waals surface area contributed by atoms with Crippen LogP contribution in [0.25, 0.3) is 0 Å². The average Bonchev–Trinajstić information content (AvgIpc) is 2.82. The molecule has 102 valence electrons. The summed E-state index contributed by atoms with van der Waals surface area (Å²) in [6, 6.07) is 3.75. The molecule has 5 nitrogen and oxygen atoms in total. The summed E-state index contributed by atoms with van der Waals surface area (Å²) in [5.41, 5.74) is 12.6. The number of benzene rings is 1. The fourth-order valence-electron chi connectivity index (χ4n) is 1.87. The van der Waals surface area contributed by atoms with E-state index in [9.17, 15) is 0 Å². The highest BCUT2D eigenvalue weighted by molar-refractivity contribution is 5.85. The van der Waals surface area contributed by atoms with Crippen LogP contribution in [0, 0.1) is 0 Å². The van der Waals surface area contributed by atoms with Gasteiger partial charge < -0.3 is 25.7 Å². The van der Waals surface area contributed by atoms with Gasteiger partial charge in [-0.3, -0.25) is 0 Å². The van der Waals surface area contributed by atoms with Crippen LogP contribution in [0.15, 0.2) is 12.1 Å². The van der Waals surface area contributed by atoms with Gasteiger partial charge in [-0.15, -0.1) is 12.4 Å². The number of hydrogen-bond donors (Lipinski definition) is 2. The molecule has 4 N–H and O–H groups in total. The third-order valence-electron chi connectivity index (χ3n) is 2.83. The van der Waals surface area contributed by atoms with Crippen molar-refractivity contribution in [2.24, 2.45) is 11.5 Å². The molecule has 6 heteroatoms. The molecule has 1 aliphatic rings. The zero-order valence-corrected chi connectivity index (χ0v) is 11.2. The summed E-state index contributed by atoms with van der Waals surface area (Å²) in [6.45, 7) is 0.878. The Hall–Kier alpha value is -1.17. The molecule has 2 rings (SSSR count). The molecule has 1 heterocycles. The number of hydrogen-bond acceptors (Lipinski definition) is 5. The topological polar surface area (TPSA) is 79.7 Å². The molecular formula is C12H19ClN2O3. The van der Waals surface area contributed by atoms with Crippen molar-refractivity contribution in [1.82, 2.24) is 0 Å². The molecule has 0 unspecified atom stereocenters. The molecule has 1 aliphatic heterocycles. The summed E-state index contributed by atoms with van der Waals surface area (Å²) >= 11 is 0. The van der Waals surface area contributed by atoms with E-state index in [1.165, 1.54) is 0 Å². The van der Waals surface area contributed by atoms with Crippen molar-refractivity contribution in [1.29, 1.82) is 0 Å². The average molecular weight is 275 g/mol. The summed E-state index contributed by atoms with van der Waals surface area (Å²) in [4.78, 5) is 0. The van der Waals surface area contributed by atoms with Crippen LogP contribution in [0.3, 0.4) is 0 Å². The first kappa shape index (κ1) is 14.9. The van der Waals surface area contributed by atoms with Crippen LogP contribution < -0.4 is 25.7 Å². The highest BCUT2D eigenvalue weighted by Gasteiger charge is 2.21. The molecular weight excluding hydrogens is 256 g/mol. The van der Waals surface area contributed by atoms with E-state index in [-0.39, 0.29) is 25.2 Å². The van der Waals surface area contributed by atoms with Crippen LogP contribution in [0.5, 0.6) is 17.2 Å². The van der Waals surface area contributed by atoms with Crippen LogP contribution in [0.2, 0.25) is 0 Å². The Labute approximate surface area is 113 Å². The van der Waals surface area contributed by atoms with E-state index < -0.39 is 0 Å². The van der Waals surface area contributed by atoms with Crippen molar-refractivity contribution >= 4 is 12.4 Å². The summed E-state index contributed by atoms with van der Waals surface area (Å²) in [7, 11) is 1.60. The van der Waals surface area contributed by atoms with E-state index in [4.69, 9.17) is 25.7 Å². The van der Waals surface area contributed by atoms with Crippen molar-refractivity contribution in [3.63, 3.8) is 0 Å². The maximum absolute atomic E-state index is 6.09. The normalized spacial score (nSPS) is 13.9. The Kier molecular flexibility index (Phi) is 5.53. The minimum Gasteiger partial charge on any atom is -0.493 e. The molecule has 0 amide bonds. The zero-order chi connectivity index (χ0) is 12.3. The monoisotopic (exact) mass is 274 g/mol. The van der Waals surface area contributed by atoms with Crippen LogP contribution in [-0.2, 0) is 0 Å². The van der Waals surface area contributed by atoms with Gasteiger partial charge in [0.05, 0.1) is 7.11 Å². The SMILES string of the molecule is COc1cc([C@H](N)CCCN)cc2c1OCO2.Cl. The molecule has 1 aromatic rings. The van der Waals surface area contributed by atoms with Gasteiger partial charge >= 0.3 is 0 Å². The standard InChI is InChI=1S/C12H18N2O3.ClH/c1-15-10-5-8(9(14)3-2-4-13)6-11-12(10)17-7-16-11;/h5-6,9H,2-4,7,13-14H2,1H3;1H/t9-;/m1./s1. The largest absolute Gasteiger partial charge is 0.493 e. The van der Waals surface area contributed by atoms with Crippen molar-refractivity contribution in [3.8, 4) is 17.2 Å². The van der Waals surface area contributed by atoms with Gasteiger partial charge in [-0.1, -0.05) is 0 Å². The molecule has 0 fully saturated rings. The second-order valence-electron chi connectivity index (χ2n) is 3.99. The van der Waals surface area contributed by atoms with Gasteiger partial charge in [0.2, 0.25) is 12.5 Å². The maximum Gasteiger partial charge on any atom is 0.231 e. The molecule has 0 aliphatic carbocycles. The Balaban J connectivity index is 0.00000162. The van der Waals surface area contributed by atoms with Crippen LogP contribution in [-0.4, -0.2) is 20.4 Å². The van der Waals surface area contributed by atoms with Crippen molar-refractivity contribution in [2.45, 2.75) is 18.9 Å². The molecule has 0 bridgehead atoms. The second kappa shape index (κ2) is 6.68. The summed E-state index contributed by atoms with van der Waals surface area (Å²) in [5, 5.41) is 0. The summed E-state index contributed by atoms with van der Waals surface area (Å²) < 4.78 is 15.9. The third-order valence-corrected chi connectivity index (χ3v) is 2.83. The lowest BCUT2D eigenvalue weighted by Gasteiger charge is -2.14. The minimum atomic E-state index is -0.0538. The maximum atomic E-state index is 6.09. The quantitative estimate of drug-likeness (QED) is 0.852. The van der Waals surface area contributed by atoms with E-state index in [1.807, 2.05) is 12.1 Å². The van der Waals surface area contributed by atoms with E-state index in [0.29, 0.717) is 23.8 Å². The van der Waals surface area contributed by atoms with Crippen LogP contribution in [0.4, 0.5) is 0 Å². The number of methoxy groups -OCH3 is 1. The Bertz CT molecular complexity index is 401. The smallest absolute Gasteiger partial charge is 0.231 e. The summed E-state index contributed by atoms with van der Waals surface area (Å²) in [5.74, 6) is 2.02. The van der Waals surface area contributed by atoms with Crippen molar-refractivity contribution in [2.75, 3.05) is 20.4 Å². The lowest BCUT2D eigenvalue weighted by molar-refractivity contribution is 0.171. The van der Waals surface area contributed by atoms with E-state index in [2.05, 4.69) is 0 Å². The highest BCUT2D eigenvalue weighted by atomic mass is 35.5. The van der Waals surface area contributed by atoms with Crippen LogP contribution >= 0.6 is 12.4 Å². The zero-order valence-electron chi connectivity index (χ0n) is 10.3. The van der Waals surface area contributed by atoms with Gasteiger partial charge in [0.1, 0.15) is 0 Å². The predicted octanol–water partition coefficient (Wildman–Crippen LogP) is 1.58. The molecule has 1 atom stereocenters. The number of halogens is 1. The minimum absolute atomic E-state index is 0. The first-order valence-electron chi connectivity index (χ1n) is 5.69. The number of fused-ring (bicyclic) bond motifs is 1. The van der Waals surface area contributed by atoms with Gasteiger partial charge in [0, 0.05) is 6.04 Å². The molecule has 0 spiro atoms. The van der Waals surface area contributed by atoms with Gasteiger partial charge in [-0.05, 0) is 37.1 Å². The molecule has 18 heavy (non-hydrogen) atoms. The fourth-order valence-corrected chi connectivity index (χ4v) is 1.87. The van der Waals surface area contributed by atoms with E-state index in [0.717, 1.165) is 18.4 Å². The van der Waals surface area contributed by atoms with Gasteiger partial charge in [-0.2, -0.15) is 0 Å². The Morgan fingerprint density at radius 1 is 1.39 bits per heavy atom. The van der Waals surface area contributed by atoms with Crippen molar-refractivity contribution in [3.05, 3.63) is 17.7 Å². The van der Waals surface area contributed by atoms with E-state index in [1.54, 1.807) is 7.11 Å². The molecule has 0 radical (unpaired) electrons. The Morgan fingerprint density at radius 2 is 2.17 bits per heavy atom. The lowest BCUT2D eigenvalue weighted by atomic mass is 10.0. The molecule has 1 aromatic carbocycles. The van der Waals surface area contributed by atoms with Crippen LogP contribution in [0.1, 0.15) is 24.4 Å². The third kappa shape index (κ3) is 2.98. The first-order valence-corrected chi connectivity index (χ1v) is 5.69. The highest BCUT2D eigenvalue weighted by Crippen LogP contribution is 2.43. The first-order chi connectivity index (χ1) is 8.26. The number of rotatable bonds is 5.